The molecule has 22 heavy (non-hydrogen) atoms. The van der Waals surface area contributed by atoms with Gasteiger partial charge in [0.1, 0.15) is 17.5 Å². The van der Waals surface area contributed by atoms with Crippen molar-refractivity contribution in [1.29, 1.82) is 0 Å². The quantitative estimate of drug-likeness (QED) is 0.910. The number of hydrogen-bond acceptors (Lipinski definition) is 4. The van der Waals surface area contributed by atoms with E-state index in [9.17, 15) is 14.3 Å². The van der Waals surface area contributed by atoms with Crippen molar-refractivity contribution in [3.05, 3.63) is 24.0 Å². The Morgan fingerprint density at radius 2 is 1.95 bits per heavy atom. The van der Waals surface area contributed by atoms with Crippen LogP contribution in [0, 0.1) is 5.82 Å². The summed E-state index contributed by atoms with van der Waals surface area (Å²) in [5.41, 5.74) is -0.514. The molecule has 0 atom stereocenters. The molecular weight excluding hydrogens is 289 g/mol. The summed E-state index contributed by atoms with van der Waals surface area (Å²) in [5, 5.41) is 9.18. The molecule has 6 heteroatoms. The first-order valence-electron chi connectivity index (χ1n) is 7.38. The molecule has 0 aliphatic carbocycles. The topological polar surface area (TPSA) is 59.0 Å². The third kappa shape index (κ3) is 4.51. The van der Waals surface area contributed by atoms with Crippen LogP contribution in [0.15, 0.2) is 18.2 Å². The Bertz CT molecular complexity index is 533. The number of nitrogens with zero attached hydrogens (tertiary/aromatic N) is 1. The minimum Gasteiger partial charge on any atom is -0.508 e. The van der Waals surface area contributed by atoms with Crippen LogP contribution in [0.25, 0.3) is 0 Å². The number of carbonyl (C=O) groups excluding carboxylic acids is 1. The fourth-order valence-electron chi connectivity index (χ4n) is 2.25. The fourth-order valence-corrected chi connectivity index (χ4v) is 2.25. The van der Waals surface area contributed by atoms with Crippen LogP contribution < -0.4 is 4.74 Å². The number of rotatable bonds is 2. The lowest BCUT2D eigenvalue weighted by Crippen LogP contribution is -2.44. The van der Waals surface area contributed by atoms with E-state index in [1.807, 2.05) is 20.8 Å². The average Bonchev–Trinajstić information content (AvgIpc) is 2.41. The summed E-state index contributed by atoms with van der Waals surface area (Å²) in [7, 11) is 0. The normalized spacial score (nSPS) is 16.5. The van der Waals surface area contributed by atoms with Gasteiger partial charge in [-0.25, -0.2) is 9.18 Å². The minimum atomic E-state index is -0.588. The lowest BCUT2D eigenvalue weighted by Gasteiger charge is -2.33. The van der Waals surface area contributed by atoms with Crippen LogP contribution in [-0.2, 0) is 4.74 Å². The van der Waals surface area contributed by atoms with Gasteiger partial charge < -0.3 is 19.5 Å². The first-order valence-corrected chi connectivity index (χ1v) is 7.38. The summed E-state index contributed by atoms with van der Waals surface area (Å²) < 4.78 is 24.6. The fraction of sp³-hybridized carbons (Fsp3) is 0.562. The van der Waals surface area contributed by atoms with Gasteiger partial charge in [0.15, 0.2) is 11.6 Å². The number of carbonyl (C=O) groups is 1. The van der Waals surface area contributed by atoms with Crippen molar-refractivity contribution in [3.8, 4) is 11.5 Å². The van der Waals surface area contributed by atoms with Gasteiger partial charge in [-0.05, 0) is 32.9 Å². The second-order valence-corrected chi connectivity index (χ2v) is 6.40. The second kappa shape index (κ2) is 6.42. The van der Waals surface area contributed by atoms with Crippen molar-refractivity contribution in [2.24, 2.45) is 0 Å². The van der Waals surface area contributed by atoms with E-state index in [1.54, 1.807) is 4.90 Å². The molecule has 1 saturated heterocycles. The van der Waals surface area contributed by atoms with Gasteiger partial charge in [0.25, 0.3) is 0 Å². The number of piperidine rings is 1. The second-order valence-electron chi connectivity index (χ2n) is 6.40. The minimum absolute atomic E-state index is 0.119. The van der Waals surface area contributed by atoms with Crippen LogP contribution in [-0.4, -0.2) is 40.9 Å². The number of phenols is 1. The van der Waals surface area contributed by atoms with E-state index < -0.39 is 11.4 Å². The summed E-state index contributed by atoms with van der Waals surface area (Å²) >= 11 is 0. The first kappa shape index (κ1) is 16.4. The molecule has 0 aromatic heterocycles. The van der Waals surface area contributed by atoms with Crippen molar-refractivity contribution >= 4 is 6.09 Å². The highest BCUT2D eigenvalue weighted by Crippen LogP contribution is 2.25. The van der Waals surface area contributed by atoms with Gasteiger partial charge >= 0.3 is 6.09 Å². The zero-order valence-electron chi connectivity index (χ0n) is 13.1. The van der Waals surface area contributed by atoms with Crippen molar-refractivity contribution in [1.82, 2.24) is 4.90 Å². The van der Waals surface area contributed by atoms with E-state index >= 15 is 0 Å². The number of benzene rings is 1. The highest BCUT2D eigenvalue weighted by atomic mass is 19.1. The Hall–Kier alpha value is -1.98. The molecule has 1 fully saturated rings. The number of hydrogen-bond donors (Lipinski definition) is 1. The molecule has 0 saturated carbocycles. The molecule has 1 aromatic rings. The molecule has 122 valence electrons. The van der Waals surface area contributed by atoms with Crippen LogP contribution in [0.4, 0.5) is 9.18 Å². The molecule has 1 N–H and O–H groups in total. The van der Waals surface area contributed by atoms with E-state index in [0.717, 1.165) is 6.07 Å². The van der Waals surface area contributed by atoms with Crippen LogP contribution >= 0.6 is 0 Å². The number of amides is 1. The molecule has 0 radical (unpaired) electrons. The van der Waals surface area contributed by atoms with Gasteiger partial charge in [-0.15, -0.1) is 0 Å². The Balaban J connectivity index is 1.86. The molecule has 5 nitrogen and oxygen atoms in total. The molecule has 1 aromatic carbocycles. The SMILES string of the molecule is CC(C)(C)OC(=O)N1CCC(Oc2ccc(O)cc2F)CC1. The number of phenolic OH excluding ortho intramolecular Hbond substituents is 1. The summed E-state index contributed by atoms with van der Waals surface area (Å²) in [6, 6.07) is 3.81. The lowest BCUT2D eigenvalue weighted by atomic mass is 10.1. The van der Waals surface area contributed by atoms with Crippen LogP contribution in [0.1, 0.15) is 33.6 Å². The summed E-state index contributed by atoms with van der Waals surface area (Å²) in [6.45, 7) is 6.51. The van der Waals surface area contributed by atoms with E-state index in [4.69, 9.17) is 9.47 Å². The van der Waals surface area contributed by atoms with E-state index in [2.05, 4.69) is 0 Å². The Morgan fingerprint density at radius 1 is 1.32 bits per heavy atom. The first-order chi connectivity index (χ1) is 10.2. The van der Waals surface area contributed by atoms with Gasteiger partial charge in [-0.1, -0.05) is 0 Å². The van der Waals surface area contributed by atoms with Gasteiger partial charge in [0.05, 0.1) is 0 Å². The van der Waals surface area contributed by atoms with Gasteiger partial charge in [-0.2, -0.15) is 0 Å². The van der Waals surface area contributed by atoms with Crippen molar-refractivity contribution in [2.45, 2.75) is 45.3 Å². The Kier molecular flexibility index (Phi) is 4.78. The Labute approximate surface area is 129 Å². The highest BCUT2D eigenvalue weighted by molar-refractivity contribution is 5.68. The van der Waals surface area contributed by atoms with E-state index in [1.165, 1.54) is 12.1 Å². The maximum atomic E-state index is 13.6. The smallest absolute Gasteiger partial charge is 0.410 e. The number of aromatic hydroxyl groups is 1. The standard InChI is InChI=1S/C16H22FNO4/c1-16(2,3)22-15(20)18-8-6-12(7-9-18)21-14-5-4-11(19)10-13(14)17/h4-5,10,12,19H,6-9H2,1-3H3. The summed E-state index contributed by atoms with van der Waals surface area (Å²) in [6.07, 6.45) is 0.735. The van der Waals surface area contributed by atoms with E-state index in [-0.39, 0.29) is 23.7 Å². The van der Waals surface area contributed by atoms with Crippen molar-refractivity contribution in [3.63, 3.8) is 0 Å². The van der Waals surface area contributed by atoms with Crippen LogP contribution in [0.3, 0.4) is 0 Å². The summed E-state index contributed by atoms with van der Waals surface area (Å²) in [5.74, 6) is -0.604. The van der Waals surface area contributed by atoms with Gasteiger partial charge in [-0.3, -0.25) is 0 Å². The lowest BCUT2D eigenvalue weighted by molar-refractivity contribution is 0.0123. The number of likely N-dealkylation sites (tertiary alicyclic amines) is 1. The van der Waals surface area contributed by atoms with Gasteiger partial charge in [0.2, 0.25) is 0 Å². The Morgan fingerprint density at radius 3 is 2.50 bits per heavy atom. The van der Waals surface area contributed by atoms with Crippen LogP contribution in [0.2, 0.25) is 0 Å². The van der Waals surface area contributed by atoms with Crippen LogP contribution in [0.5, 0.6) is 11.5 Å². The number of halogens is 1. The largest absolute Gasteiger partial charge is 0.508 e. The predicted octanol–water partition coefficient (Wildman–Crippen LogP) is 3.31. The van der Waals surface area contributed by atoms with Crippen molar-refractivity contribution < 1.29 is 23.8 Å². The highest BCUT2D eigenvalue weighted by Gasteiger charge is 2.28. The van der Waals surface area contributed by atoms with E-state index in [0.29, 0.717) is 25.9 Å². The molecule has 1 aliphatic heterocycles. The number of ether oxygens (including phenoxy) is 2. The van der Waals surface area contributed by atoms with Gasteiger partial charge in [0, 0.05) is 32.0 Å². The van der Waals surface area contributed by atoms with Crippen molar-refractivity contribution in [2.75, 3.05) is 13.1 Å². The monoisotopic (exact) mass is 311 g/mol. The maximum Gasteiger partial charge on any atom is 0.410 e. The average molecular weight is 311 g/mol. The third-order valence-electron chi connectivity index (χ3n) is 3.30. The maximum absolute atomic E-state index is 13.6. The third-order valence-corrected chi connectivity index (χ3v) is 3.30. The molecule has 1 heterocycles. The zero-order valence-corrected chi connectivity index (χ0v) is 13.1. The predicted molar refractivity (Wildman–Crippen MR) is 79.5 cm³/mol. The molecule has 0 spiro atoms. The molecule has 0 unspecified atom stereocenters. The molecule has 2 rings (SSSR count). The molecule has 0 bridgehead atoms. The molecular formula is C16H22FNO4. The molecule has 1 aliphatic rings. The summed E-state index contributed by atoms with van der Waals surface area (Å²) in [4.78, 5) is 13.6. The zero-order chi connectivity index (χ0) is 16.3. The molecule has 1 amide bonds.